The second-order valence-corrected chi connectivity index (χ2v) is 4.73. The number of fused-ring (bicyclic) bond motifs is 1. The van der Waals surface area contributed by atoms with Crippen LogP contribution < -0.4 is 16.0 Å². The zero-order valence-corrected chi connectivity index (χ0v) is 11.6. The summed E-state index contributed by atoms with van der Waals surface area (Å²) in [5, 5.41) is 0. The lowest BCUT2D eigenvalue weighted by atomic mass is 10.1. The highest BCUT2D eigenvalue weighted by Crippen LogP contribution is 2.14. The molecular weight excluding hydrogens is 272 g/mol. The van der Waals surface area contributed by atoms with Gasteiger partial charge in [-0.05, 0) is 17.7 Å². The zero-order chi connectivity index (χ0) is 15.0. The molecule has 0 aliphatic carbocycles. The standard InChI is InChI=1S/C14H14N4O3/c1-18-12-11(13(19)17-14(18)20)15-10(16-12)7-8-3-5-9(21-2)6-4-8/h3-6H,7H2,1-2H3,(H,15,16)(H,17,19,20). The van der Waals surface area contributed by atoms with E-state index < -0.39 is 11.2 Å². The molecular formula is C14H14N4O3. The SMILES string of the molecule is COc1ccc(Cc2nc3c([nH]2)c(=O)[nH]c(=O)n3C)cc1. The maximum absolute atomic E-state index is 11.7. The number of imidazole rings is 1. The maximum Gasteiger partial charge on any atom is 0.329 e. The molecule has 0 saturated carbocycles. The maximum atomic E-state index is 11.7. The highest BCUT2D eigenvalue weighted by Gasteiger charge is 2.11. The first-order valence-corrected chi connectivity index (χ1v) is 6.39. The van der Waals surface area contributed by atoms with E-state index in [1.165, 1.54) is 4.57 Å². The summed E-state index contributed by atoms with van der Waals surface area (Å²) in [5.41, 5.74) is 0.751. The third-order valence-electron chi connectivity index (χ3n) is 3.33. The summed E-state index contributed by atoms with van der Waals surface area (Å²) in [6.45, 7) is 0. The van der Waals surface area contributed by atoms with Gasteiger partial charge in [0.05, 0.1) is 7.11 Å². The van der Waals surface area contributed by atoms with Crippen LogP contribution >= 0.6 is 0 Å². The first-order valence-electron chi connectivity index (χ1n) is 6.39. The second kappa shape index (κ2) is 4.93. The monoisotopic (exact) mass is 286 g/mol. The lowest BCUT2D eigenvalue weighted by Gasteiger charge is -2.01. The molecule has 0 fully saturated rings. The Morgan fingerprint density at radius 2 is 1.90 bits per heavy atom. The molecule has 0 spiro atoms. The minimum Gasteiger partial charge on any atom is -0.497 e. The van der Waals surface area contributed by atoms with E-state index in [-0.39, 0.29) is 0 Å². The van der Waals surface area contributed by atoms with E-state index >= 15 is 0 Å². The van der Waals surface area contributed by atoms with Crippen molar-refractivity contribution in [2.45, 2.75) is 6.42 Å². The Hall–Kier alpha value is -2.83. The average Bonchev–Trinajstić information content (AvgIpc) is 2.90. The van der Waals surface area contributed by atoms with Crippen molar-refractivity contribution in [2.24, 2.45) is 7.05 Å². The van der Waals surface area contributed by atoms with Gasteiger partial charge in [-0.2, -0.15) is 0 Å². The fraction of sp³-hybridized carbons (Fsp3) is 0.214. The highest BCUT2D eigenvalue weighted by molar-refractivity contribution is 5.69. The molecule has 2 aromatic heterocycles. The van der Waals surface area contributed by atoms with E-state index in [0.717, 1.165) is 11.3 Å². The molecule has 2 N–H and O–H groups in total. The van der Waals surface area contributed by atoms with Crippen molar-refractivity contribution in [3.63, 3.8) is 0 Å². The average molecular weight is 286 g/mol. The summed E-state index contributed by atoms with van der Waals surface area (Å²) in [6, 6.07) is 7.58. The predicted molar refractivity (Wildman–Crippen MR) is 77.8 cm³/mol. The van der Waals surface area contributed by atoms with E-state index in [1.54, 1.807) is 14.2 Å². The number of aromatic nitrogens is 4. The van der Waals surface area contributed by atoms with E-state index in [2.05, 4.69) is 15.0 Å². The number of H-pyrrole nitrogens is 2. The third-order valence-corrected chi connectivity index (χ3v) is 3.33. The van der Waals surface area contributed by atoms with Crippen LogP contribution in [-0.2, 0) is 13.5 Å². The summed E-state index contributed by atoms with van der Waals surface area (Å²) in [6.07, 6.45) is 0.534. The summed E-state index contributed by atoms with van der Waals surface area (Å²) < 4.78 is 6.42. The predicted octanol–water partition coefficient (Wildman–Crippen LogP) is 0.549. The van der Waals surface area contributed by atoms with Crippen molar-refractivity contribution in [3.8, 4) is 5.75 Å². The van der Waals surface area contributed by atoms with E-state index in [9.17, 15) is 9.59 Å². The van der Waals surface area contributed by atoms with Crippen molar-refractivity contribution >= 4 is 11.2 Å². The fourth-order valence-electron chi connectivity index (χ4n) is 2.17. The molecule has 21 heavy (non-hydrogen) atoms. The number of rotatable bonds is 3. The molecule has 1 aromatic carbocycles. The Labute approximate surface area is 119 Å². The van der Waals surface area contributed by atoms with Crippen LogP contribution in [0.25, 0.3) is 11.2 Å². The van der Waals surface area contributed by atoms with E-state index in [0.29, 0.717) is 23.4 Å². The van der Waals surface area contributed by atoms with Crippen molar-refractivity contribution in [1.29, 1.82) is 0 Å². The van der Waals surface area contributed by atoms with Gasteiger partial charge in [-0.15, -0.1) is 0 Å². The van der Waals surface area contributed by atoms with Crippen molar-refractivity contribution in [3.05, 3.63) is 56.5 Å². The van der Waals surface area contributed by atoms with Crippen molar-refractivity contribution < 1.29 is 4.74 Å². The molecule has 0 unspecified atom stereocenters. The van der Waals surface area contributed by atoms with Gasteiger partial charge in [0.2, 0.25) is 0 Å². The van der Waals surface area contributed by atoms with Crippen LogP contribution in [0.4, 0.5) is 0 Å². The normalized spacial score (nSPS) is 11.0. The Kier molecular flexibility index (Phi) is 3.09. The van der Waals surface area contributed by atoms with Crippen LogP contribution in [0, 0.1) is 0 Å². The molecule has 0 radical (unpaired) electrons. The number of benzene rings is 1. The number of hydrogen-bond acceptors (Lipinski definition) is 4. The van der Waals surface area contributed by atoms with Gasteiger partial charge in [0, 0.05) is 13.5 Å². The Morgan fingerprint density at radius 1 is 1.19 bits per heavy atom. The molecule has 0 bridgehead atoms. The summed E-state index contributed by atoms with van der Waals surface area (Å²) >= 11 is 0. The molecule has 0 aliphatic rings. The fourth-order valence-corrected chi connectivity index (χ4v) is 2.17. The number of nitrogens with one attached hydrogen (secondary N) is 2. The zero-order valence-electron chi connectivity index (χ0n) is 11.6. The van der Waals surface area contributed by atoms with Crippen LogP contribution in [0.5, 0.6) is 5.75 Å². The number of ether oxygens (including phenoxy) is 1. The first kappa shape index (κ1) is 13.2. The van der Waals surface area contributed by atoms with Gasteiger partial charge in [0.25, 0.3) is 5.56 Å². The van der Waals surface area contributed by atoms with Gasteiger partial charge in [-0.3, -0.25) is 14.3 Å². The van der Waals surface area contributed by atoms with Crippen molar-refractivity contribution in [2.75, 3.05) is 7.11 Å². The van der Waals surface area contributed by atoms with E-state index in [4.69, 9.17) is 4.74 Å². The Balaban J connectivity index is 2.01. The molecule has 108 valence electrons. The lowest BCUT2D eigenvalue weighted by Crippen LogP contribution is -2.28. The van der Waals surface area contributed by atoms with Crippen LogP contribution in [0.2, 0.25) is 0 Å². The van der Waals surface area contributed by atoms with Crippen LogP contribution in [0.15, 0.2) is 33.9 Å². The van der Waals surface area contributed by atoms with Crippen LogP contribution in [-0.4, -0.2) is 26.6 Å². The summed E-state index contributed by atoms with van der Waals surface area (Å²) in [7, 11) is 3.18. The Bertz CT molecular complexity index is 903. The third kappa shape index (κ3) is 2.33. The molecule has 0 aliphatic heterocycles. The van der Waals surface area contributed by atoms with Gasteiger partial charge >= 0.3 is 5.69 Å². The highest BCUT2D eigenvalue weighted by atomic mass is 16.5. The molecule has 0 atom stereocenters. The van der Waals surface area contributed by atoms with E-state index in [1.807, 2.05) is 24.3 Å². The molecule has 7 heteroatoms. The van der Waals surface area contributed by atoms with Gasteiger partial charge in [-0.1, -0.05) is 12.1 Å². The minimum atomic E-state index is -0.477. The van der Waals surface area contributed by atoms with Crippen LogP contribution in [0.3, 0.4) is 0 Å². The molecule has 0 amide bonds. The van der Waals surface area contributed by atoms with Crippen LogP contribution in [0.1, 0.15) is 11.4 Å². The van der Waals surface area contributed by atoms with Gasteiger partial charge < -0.3 is 9.72 Å². The second-order valence-electron chi connectivity index (χ2n) is 4.73. The summed E-state index contributed by atoms with van der Waals surface area (Å²) in [4.78, 5) is 32.8. The number of methoxy groups -OCH3 is 1. The molecule has 0 saturated heterocycles. The molecule has 2 heterocycles. The molecule has 3 rings (SSSR count). The number of hydrogen-bond donors (Lipinski definition) is 2. The summed E-state index contributed by atoms with van der Waals surface area (Å²) in [5.74, 6) is 1.41. The molecule has 7 nitrogen and oxygen atoms in total. The number of aryl methyl sites for hydroxylation is 1. The topological polar surface area (TPSA) is 92.8 Å². The Morgan fingerprint density at radius 3 is 2.57 bits per heavy atom. The lowest BCUT2D eigenvalue weighted by molar-refractivity contribution is 0.414. The number of nitrogens with zero attached hydrogens (tertiary/aromatic N) is 2. The number of aromatic amines is 2. The molecule has 3 aromatic rings. The smallest absolute Gasteiger partial charge is 0.329 e. The van der Waals surface area contributed by atoms with Gasteiger partial charge in [0.1, 0.15) is 17.1 Å². The van der Waals surface area contributed by atoms with Gasteiger partial charge in [-0.25, -0.2) is 9.78 Å². The largest absolute Gasteiger partial charge is 0.497 e. The minimum absolute atomic E-state index is 0.306. The first-order chi connectivity index (χ1) is 10.1. The van der Waals surface area contributed by atoms with Gasteiger partial charge in [0.15, 0.2) is 5.65 Å². The quantitative estimate of drug-likeness (QED) is 0.735. The van der Waals surface area contributed by atoms with Crippen molar-refractivity contribution in [1.82, 2.24) is 19.5 Å².